The molecule has 1 heteroatoms. The third-order valence-corrected chi connectivity index (χ3v) is 5.14. The van der Waals surface area contributed by atoms with Gasteiger partial charge in [0.15, 0.2) is 0 Å². The molecule has 0 aliphatic heterocycles. The van der Waals surface area contributed by atoms with Crippen LogP contribution in [0, 0.1) is 11.3 Å². The molecule has 2 atom stereocenters. The third kappa shape index (κ3) is 2.74. The number of hydrogen-bond acceptors (Lipinski definition) is 1. The summed E-state index contributed by atoms with van der Waals surface area (Å²) < 4.78 is 0. The van der Waals surface area contributed by atoms with Crippen molar-refractivity contribution in [2.75, 3.05) is 0 Å². The number of carbonyl (C=O) groups is 1. The topological polar surface area (TPSA) is 17.1 Å². The molecule has 1 nitrogen and oxygen atoms in total. The first-order valence-electron chi connectivity index (χ1n) is 8.17. The van der Waals surface area contributed by atoms with Crippen molar-refractivity contribution in [3.05, 3.63) is 54.1 Å². The third-order valence-electron chi connectivity index (χ3n) is 5.14. The molecular weight excluding hydrogens is 256 g/mol. The second-order valence-electron chi connectivity index (χ2n) is 6.54. The molecule has 2 aliphatic carbocycles. The maximum atomic E-state index is 13.0. The number of Topliss-reactive ketones (excluding diaryl/α,β-unsaturated/α-hetero) is 1. The van der Waals surface area contributed by atoms with E-state index in [1.807, 2.05) is 6.08 Å². The lowest BCUT2D eigenvalue weighted by molar-refractivity contribution is -0.133. The summed E-state index contributed by atoms with van der Waals surface area (Å²) in [5.41, 5.74) is 2.40. The fourth-order valence-corrected chi connectivity index (χ4v) is 3.96. The number of unbranched alkanes of at least 4 members (excludes halogenated alkanes) is 1. The summed E-state index contributed by atoms with van der Waals surface area (Å²) in [5, 5.41) is 0. The van der Waals surface area contributed by atoms with Gasteiger partial charge in [0.05, 0.1) is 5.41 Å². The molecule has 1 aromatic rings. The number of carbonyl (C=O) groups excluding carboxylic acids is 1. The van der Waals surface area contributed by atoms with E-state index in [1.165, 1.54) is 17.5 Å². The second kappa shape index (κ2) is 6.01. The maximum absolute atomic E-state index is 13.0. The largest absolute Gasteiger partial charge is 0.298 e. The Balaban J connectivity index is 1.79. The molecule has 0 aromatic heterocycles. The van der Waals surface area contributed by atoms with Crippen LogP contribution in [0.1, 0.15) is 49.7 Å². The van der Waals surface area contributed by atoms with Gasteiger partial charge in [0.1, 0.15) is 5.78 Å². The van der Waals surface area contributed by atoms with Crippen molar-refractivity contribution in [2.45, 2.75) is 44.9 Å². The van der Waals surface area contributed by atoms with Crippen LogP contribution in [0.2, 0.25) is 0 Å². The molecule has 0 N–H and O–H groups in total. The van der Waals surface area contributed by atoms with Gasteiger partial charge in [0, 0.05) is 5.92 Å². The summed E-state index contributed by atoms with van der Waals surface area (Å²) in [6.07, 6.45) is 13.7. The van der Waals surface area contributed by atoms with E-state index in [1.54, 1.807) is 0 Å². The van der Waals surface area contributed by atoms with E-state index in [2.05, 4.69) is 43.0 Å². The van der Waals surface area contributed by atoms with Crippen molar-refractivity contribution in [1.82, 2.24) is 0 Å². The van der Waals surface area contributed by atoms with Crippen molar-refractivity contribution in [1.29, 1.82) is 0 Å². The van der Waals surface area contributed by atoms with Crippen molar-refractivity contribution in [3.8, 4) is 0 Å². The highest BCUT2D eigenvalue weighted by Crippen LogP contribution is 2.44. The Morgan fingerprint density at radius 1 is 1.33 bits per heavy atom. The molecule has 0 saturated heterocycles. The SMILES string of the molecule is C=CCCCC1CCCC2(C=Cc3ccccc3C2)C1=O. The van der Waals surface area contributed by atoms with Crippen molar-refractivity contribution < 1.29 is 4.79 Å². The standard InChI is InChI=1S/C20H24O/c1-2-3-4-9-17-11-7-13-20(19(17)21)14-12-16-8-5-6-10-18(16)15-20/h2,5-6,8,10,12,14,17H,1,3-4,7,9,11,13,15H2. The number of hydrogen-bond donors (Lipinski definition) is 0. The number of ketones is 1. The molecule has 110 valence electrons. The van der Waals surface area contributed by atoms with E-state index in [0.29, 0.717) is 5.78 Å². The van der Waals surface area contributed by atoms with Crippen LogP contribution in [0.15, 0.2) is 43.0 Å². The molecule has 1 aromatic carbocycles. The molecule has 2 aliphatic rings. The van der Waals surface area contributed by atoms with E-state index in [-0.39, 0.29) is 11.3 Å². The minimum atomic E-state index is -0.217. The Hall–Kier alpha value is -1.63. The smallest absolute Gasteiger partial charge is 0.146 e. The molecule has 0 amide bonds. The number of fused-ring (bicyclic) bond motifs is 1. The quantitative estimate of drug-likeness (QED) is 0.562. The highest BCUT2D eigenvalue weighted by atomic mass is 16.1. The van der Waals surface area contributed by atoms with Gasteiger partial charge in [0.25, 0.3) is 0 Å². The van der Waals surface area contributed by atoms with Crippen LogP contribution >= 0.6 is 0 Å². The van der Waals surface area contributed by atoms with Gasteiger partial charge >= 0.3 is 0 Å². The average Bonchev–Trinajstić information content (AvgIpc) is 2.52. The van der Waals surface area contributed by atoms with Crippen LogP contribution in [0.3, 0.4) is 0 Å². The molecule has 1 saturated carbocycles. The van der Waals surface area contributed by atoms with Gasteiger partial charge in [-0.1, -0.05) is 48.9 Å². The predicted octanol–water partition coefficient (Wildman–Crippen LogP) is 4.97. The Labute approximate surface area is 127 Å². The molecule has 3 rings (SSSR count). The number of rotatable bonds is 4. The van der Waals surface area contributed by atoms with Crippen molar-refractivity contribution in [3.63, 3.8) is 0 Å². The van der Waals surface area contributed by atoms with E-state index in [0.717, 1.165) is 38.5 Å². The Morgan fingerprint density at radius 2 is 2.19 bits per heavy atom. The lowest BCUT2D eigenvalue weighted by atomic mass is 9.62. The Kier molecular flexibility index (Phi) is 4.10. The van der Waals surface area contributed by atoms with Crippen LogP contribution in [-0.2, 0) is 11.2 Å². The zero-order valence-corrected chi connectivity index (χ0v) is 12.7. The van der Waals surface area contributed by atoms with E-state index < -0.39 is 0 Å². The van der Waals surface area contributed by atoms with Crippen LogP contribution in [0.4, 0.5) is 0 Å². The van der Waals surface area contributed by atoms with Gasteiger partial charge in [-0.15, -0.1) is 6.58 Å². The minimum Gasteiger partial charge on any atom is -0.298 e. The molecule has 2 unspecified atom stereocenters. The lowest BCUT2D eigenvalue weighted by Gasteiger charge is -2.39. The van der Waals surface area contributed by atoms with Gasteiger partial charge in [-0.3, -0.25) is 4.79 Å². The molecule has 0 bridgehead atoms. The van der Waals surface area contributed by atoms with Crippen LogP contribution in [-0.4, -0.2) is 5.78 Å². The molecule has 0 radical (unpaired) electrons. The minimum absolute atomic E-state index is 0.217. The summed E-state index contributed by atoms with van der Waals surface area (Å²) in [6, 6.07) is 8.48. The van der Waals surface area contributed by atoms with Crippen LogP contribution < -0.4 is 0 Å². The number of benzene rings is 1. The lowest BCUT2D eigenvalue weighted by Crippen LogP contribution is -2.41. The monoisotopic (exact) mass is 280 g/mol. The van der Waals surface area contributed by atoms with Crippen molar-refractivity contribution in [2.24, 2.45) is 11.3 Å². The van der Waals surface area contributed by atoms with Crippen LogP contribution in [0.25, 0.3) is 6.08 Å². The van der Waals surface area contributed by atoms with Gasteiger partial charge in [-0.25, -0.2) is 0 Å². The van der Waals surface area contributed by atoms with Gasteiger partial charge in [-0.2, -0.15) is 0 Å². The fourth-order valence-electron chi connectivity index (χ4n) is 3.96. The maximum Gasteiger partial charge on any atom is 0.146 e. The highest BCUT2D eigenvalue weighted by molar-refractivity contribution is 5.91. The normalized spacial score (nSPS) is 27.6. The first-order chi connectivity index (χ1) is 10.2. The van der Waals surface area contributed by atoms with Crippen LogP contribution in [0.5, 0.6) is 0 Å². The molecular formula is C20H24O. The molecule has 0 heterocycles. The van der Waals surface area contributed by atoms with E-state index in [9.17, 15) is 4.79 Å². The summed E-state index contributed by atoms with van der Waals surface area (Å²) in [7, 11) is 0. The predicted molar refractivity (Wildman–Crippen MR) is 88.0 cm³/mol. The molecule has 1 spiro atoms. The highest BCUT2D eigenvalue weighted by Gasteiger charge is 2.43. The summed E-state index contributed by atoms with van der Waals surface area (Å²) in [4.78, 5) is 13.0. The van der Waals surface area contributed by atoms with Gasteiger partial charge in [0.2, 0.25) is 0 Å². The molecule has 21 heavy (non-hydrogen) atoms. The zero-order chi connectivity index (χ0) is 14.7. The number of allylic oxidation sites excluding steroid dienone is 2. The summed E-state index contributed by atoms with van der Waals surface area (Å²) in [6.45, 7) is 3.77. The van der Waals surface area contributed by atoms with Gasteiger partial charge in [-0.05, 0) is 49.7 Å². The first-order valence-corrected chi connectivity index (χ1v) is 8.17. The second-order valence-corrected chi connectivity index (χ2v) is 6.54. The first kappa shape index (κ1) is 14.3. The van der Waals surface area contributed by atoms with Gasteiger partial charge < -0.3 is 0 Å². The van der Waals surface area contributed by atoms with Crippen molar-refractivity contribution >= 4 is 11.9 Å². The fraction of sp³-hybridized carbons (Fsp3) is 0.450. The summed E-state index contributed by atoms with van der Waals surface area (Å²) >= 11 is 0. The van der Waals surface area contributed by atoms with E-state index in [4.69, 9.17) is 0 Å². The Bertz CT molecular complexity index is 569. The zero-order valence-electron chi connectivity index (χ0n) is 12.7. The average molecular weight is 280 g/mol. The Morgan fingerprint density at radius 3 is 3.05 bits per heavy atom. The summed E-state index contributed by atoms with van der Waals surface area (Å²) in [5.74, 6) is 0.747. The molecule has 1 fully saturated rings. The van der Waals surface area contributed by atoms with E-state index >= 15 is 0 Å².